The number of thiazole rings is 1. The molecule has 398 valence electrons. The van der Waals surface area contributed by atoms with Gasteiger partial charge in [0.25, 0.3) is 17.9 Å². The molecule has 22 nitrogen and oxygen atoms in total. The highest BCUT2D eigenvalue weighted by Crippen LogP contribution is 2.34. The van der Waals surface area contributed by atoms with E-state index in [1.54, 1.807) is 105 Å². The van der Waals surface area contributed by atoms with Crippen LogP contribution >= 0.6 is 11.3 Å². The lowest BCUT2D eigenvalue weighted by Crippen LogP contribution is -2.76. The number of aryl methyl sites for hydroxylation is 1. The van der Waals surface area contributed by atoms with Crippen molar-refractivity contribution in [3.05, 3.63) is 112 Å². The van der Waals surface area contributed by atoms with Gasteiger partial charge in [0, 0.05) is 23.9 Å². The van der Waals surface area contributed by atoms with E-state index in [9.17, 15) is 36.9 Å². The molecule has 3 aromatic carbocycles. The number of nitrogens with zero attached hydrogens (tertiary/aromatic N) is 5. The van der Waals surface area contributed by atoms with Gasteiger partial charge in [-0.1, -0.05) is 78.0 Å². The average Bonchev–Trinajstić information content (AvgIpc) is 3.69. The summed E-state index contributed by atoms with van der Waals surface area (Å²) in [6.45, 7) is 15.4. The fraction of sp³-hybridized carbons (Fsp3) is 0.440. The number of piperidine rings is 1. The quantitative estimate of drug-likeness (QED) is 0.0154. The molecule has 24 heteroatoms. The number of amides is 4. The Kier molecular flexibility index (Phi) is 17.7. The fourth-order valence-corrected chi connectivity index (χ4v) is 8.85. The number of nitrogens with one attached hydrogen (secondary N) is 2. The molecule has 3 atom stereocenters. The van der Waals surface area contributed by atoms with E-state index in [0.717, 1.165) is 29.7 Å². The standard InChI is InChI=1S/C50H62N8O14S2/c1-30-37(53-45(73-30)55-46(62)69-48(2,3)4)38(42(59)54-40-43(60)58(50(40,8)9)72-74(64,65)66)56-71-36(44(61)68-39(32-17-12-10-13-18-32)33-19-14-11-15-20-33)29-67-35-24-22-31(23-25-35)27-52-41(51)34-21-16-26-57(28-34)47(63)70-49(5,6)7/h10-15,17-20,22-25,34,36,39-40H,16,21,26-29H2,1-9H3,(H2,51,52)(H,54,59)(H,53,55,62)(H,64,65,66)/b56-38-/t34-,36-,40+/m0/s1. The van der Waals surface area contributed by atoms with Gasteiger partial charge in [-0.15, -0.1) is 15.6 Å². The first-order chi connectivity index (χ1) is 34.7. The average molecular weight is 1060 g/mol. The number of anilines is 1. The molecule has 4 aromatic rings. The lowest BCUT2D eigenvalue weighted by molar-refractivity contribution is -0.218. The minimum atomic E-state index is -5.12. The molecular formula is C50H62N8O14S2. The van der Waals surface area contributed by atoms with Gasteiger partial charge in [0.2, 0.25) is 0 Å². The molecule has 1 aromatic heterocycles. The number of carbonyl (C=O) groups excluding carboxylic acids is 5. The Morgan fingerprint density at radius 1 is 0.932 bits per heavy atom. The number of esters is 1. The molecule has 0 bridgehead atoms. The SMILES string of the molecule is Cc1sc(NC(=O)OC(C)(C)C)nc1/C(=N/O[C@@H](COc1ccc(CN=C(N)[C@H]2CCCN(C(=O)OC(C)(C)C)C2)cc1)C(=O)OC(c1ccccc1)c1ccccc1)C(=O)N[C@@H]1C(=O)N(OS(=O)(=O)O)C1(C)C. The number of rotatable bonds is 18. The van der Waals surface area contributed by atoms with Crippen molar-refractivity contribution < 1.29 is 65.0 Å². The summed E-state index contributed by atoms with van der Waals surface area (Å²) in [6, 6.07) is 23.3. The molecule has 0 saturated carbocycles. The van der Waals surface area contributed by atoms with Gasteiger partial charge in [0.15, 0.2) is 16.9 Å². The monoisotopic (exact) mass is 1060 g/mol. The van der Waals surface area contributed by atoms with E-state index in [0.29, 0.717) is 45.7 Å². The van der Waals surface area contributed by atoms with Gasteiger partial charge >= 0.3 is 28.6 Å². The summed E-state index contributed by atoms with van der Waals surface area (Å²) in [5.74, 6) is -2.52. The van der Waals surface area contributed by atoms with Crippen LogP contribution in [0.25, 0.3) is 0 Å². The van der Waals surface area contributed by atoms with Crippen LogP contribution in [0, 0.1) is 12.8 Å². The van der Waals surface area contributed by atoms with Crippen molar-refractivity contribution in [2.24, 2.45) is 21.8 Å². The van der Waals surface area contributed by atoms with E-state index >= 15 is 0 Å². The van der Waals surface area contributed by atoms with Crippen molar-refractivity contribution in [3.8, 4) is 5.75 Å². The minimum absolute atomic E-state index is 0.0106. The van der Waals surface area contributed by atoms with Crippen LogP contribution in [0.4, 0.5) is 14.7 Å². The van der Waals surface area contributed by atoms with Gasteiger partial charge in [-0.2, -0.15) is 13.5 Å². The van der Waals surface area contributed by atoms with Gasteiger partial charge < -0.3 is 39.7 Å². The van der Waals surface area contributed by atoms with E-state index < -0.39 is 87.7 Å². The highest BCUT2D eigenvalue weighted by molar-refractivity contribution is 7.80. The first-order valence-corrected chi connectivity index (χ1v) is 25.7. The number of amidine groups is 1. The number of ether oxygens (including phenoxy) is 4. The van der Waals surface area contributed by atoms with Crippen LogP contribution in [0.1, 0.15) is 102 Å². The highest BCUT2D eigenvalue weighted by Gasteiger charge is 2.58. The number of hydrogen-bond acceptors (Lipinski definition) is 17. The summed E-state index contributed by atoms with van der Waals surface area (Å²) in [5.41, 5.74) is 4.72. The number of β-lactam (4-membered cyclic amide) rings is 1. The number of nitrogens with two attached hydrogens (primary N) is 1. The highest BCUT2D eigenvalue weighted by atomic mass is 32.3. The van der Waals surface area contributed by atoms with Crippen LogP contribution < -0.4 is 21.1 Å². The lowest BCUT2D eigenvalue weighted by Gasteiger charge is -2.50. The Labute approximate surface area is 433 Å². The molecule has 4 amide bonds. The topological polar surface area (TPSA) is 289 Å². The number of hydrogen-bond donors (Lipinski definition) is 4. The second-order valence-electron chi connectivity index (χ2n) is 19.9. The van der Waals surface area contributed by atoms with Crippen LogP contribution in [0.3, 0.4) is 0 Å². The molecule has 0 unspecified atom stereocenters. The van der Waals surface area contributed by atoms with E-state index in [-0.39, 0.29) is 23.3 Å². The van der Waals surface area contributed by atoms with Crippen LogP contribution in [0.15, 0.2) is 95.1 Å². The molecule has 0 spiro atoms. The minimum Gasteiger partial charge on any atom is -0.489 e. The van der Waals surface area contributed by atoms with E-state index in [1.165, 1.54) is 13.8 Å². The first-order valence-electron chi connectivity index (χ1n) is 23.5. The van der Waals surface area contributed by atoms with Gasteiger partial charge in [0.1, 0.15) is 35.3 Å². The maximum absolute atomic E-state index is 14.4. The van der Waals surface area contributed by atoms with Crippen molar-refractivity contribution in [1.82, 2.24) is 20.3 Å². The van der Waals surface area contributed by atoms with Crippen molar-refractivity contribution in [3.63, 3.8) is 0 Å². The summed E-state index contributed by atoms with van der Waals surface area (Å²) in [6.07, 6.45) is -2.36. The summed E-state index contributed by atoms with van der Waals surface area (Å²) in [4.78, 5) is 84.3. The zero-order valence-corrected chi connectivity index (χ0v) is 44.2. The summed E-state index contributed by atoms with van der Waals surface area (Å²) >= 11 is 0.948. The number of carbonyl (C=O) groups is 5. The Balaban J connectivity index is 1.28. The van der Waals surface area contributed by atoms with Crippen LogP contribution in [0.2, 0.25) is 0 Å². The van der Waals surface area contributed by atoms with Crippen LogP contribution in [-0.4, -0.2) is 118 Å². The largest absolute Gasteiger partial charge is 0.489 e. The summed E-state index contributed by atoms with van der Waals surface area (Å²) in [7, 11) is -5.12. The molecule has 2 saturated heterocycles. The molecule has 6 rings (SSSR count). The summed E-state index contributed by atoms with van der Waals surface area (Å²) in [5, 5.41) is 9.53. The van der Waals surface area contributed by atoms with Crippen LogP contribution in [0.5, 0.6) is 5.75 Å². The number of oxime groups is 1. The van der Waals surface area contributed by atoms with E-state index in [1.807, 2.05) is 32.9 Å². The van der Waals surface area contributed by atoms with Crippen LogP contribution in [-0.2, 0) is 54.7 Å². The third kappa shape index (κ3) is 15.4. The number of aromatic nitrogens is 1. The van der Waals surface area contributed by atoms with Gasteiger partial charge in [-0.05, 0) is 104 Å². The number of benzene rings is 3. The molecule has 74 heavy (non-hydrogen) atoms. The molecule has 3 heterocycles. The maximum Gasteiger partial charge on any atom is 0.418 e. The van der Waals surface area contributed by atoms with Crippen molar-refractivity contribution in [2.45, 2.75) is 117 Å². The smallest absolute Gasteiger partial charge is 0.418 e. The Bertz CT molecular complexity index is 2790. The van der Waals surface area contributed by atoms with Crippen molar-refractivity contribution in [1.29, 1.82) is 0 Å². The van der Waals surface area contributed by atoms with Crippen molar-refractivity contribution in [2.75, 3.05) is 25.0 Å². The maximum atomic E-state index is 14.4. The van der Waals surface area contributed by atoms with E-state index in [4.69, 9.17) is 29.5 Å². The Morgan fingerprint density at radius 3 is 2.11 bits per heavy atom. The third-order valence-electron chi connectivity index (χ3n) is 11.2. The molecule has 0 radical (unpaired) electrons. The predicted octanol–water partition coefficient (Wildman–Crippen LogP) is 6.64. The Hall–Kier alpha value is -7.15. The molecular weight excluding hydrogens is 1000 g/mol. The molecule has 5 N–H and O–H groups in total. The Morgan fingerprint density at radius 2 is 1.54 bits per heavy atom. The molecule has 0 aliphatic carbocycles. The lowest BCUT2D eigenvalue weighted by atomic mass is 9.84. The van der Waals surface area contributed by atoms with Gasteiger partial charge in [0.05, 0.1) is 17.9 Å². The zero-order chi connectivity index (χ0) is 54.2. The molecule has 2 aliphatic heterocycles. The van der Waals surface area contributed by atoms with E-state index in [2.05, 4.69) is 30.0 Å². The zero-order valence-electron chi connectivity index (χ0n) is 42.5. The second kappa shape index (κ2) is 23.4. The normalized spacial score (nSPS) is 17.7. The predicted molar refractivity (Wildman–Crippen MR) is 272 cm³/mol. The fourth-order valence-electron chi connectivity index (χ4n) is 7.59. The first kappa shape index (κ1) is 56.2. The van der Waals surface area contributed by atoms with Crippen molar-refractivity contribution >= 4 is 68.4 Å². The second-order valence-corrected chi connectivity index (χ2v) is 22.1. The van der Waals surface area contributed by atoms with Gasteiger partial charge in [-0.3, -0.25) is 24.5 Å². The molecule has 2 fully saturated rings. The van der Waals surface area contributed by atoms with Gasteiger partial charge in [-0.25, -0.2) is 19.4 Å². The number of aliphatic imine (C=N–C) groups is 1. The number of likely N-dealkylation sites (tertiary alicyclic amines) is 1. The third-order valence-corrected chi connectivity index (χ3v) is 12.4. The molecule has 2 aliphatic rings. The number of hydroxylamine groups is 2. The summed E-state index contributed by atoms with van der Waals surface area (Å²) < 4.78 is 60.0.